The predicted molar refractivity (Wildman–Crippen MR) is 149 cm³/mol. The van der Waals surface area contributed by atoms with E-state index in [4.69, 9.17) is 14.2 Å². The van der Waals surface area contributed by atoms with E-state index in [9.17, 15) is 9.59 Å². The molecular formula is C32H32N2O5. The van der Waals surface area contributed by atoms with E-state index in [1.54, 1.807) is 0 Å². The zero-order valence-electron chi connectivity index (χ0n) is 21.8. The van der Waals surface area contributed by atoms with E-state index in [0.29, 0.717) is 24.7 Å². The van der Waals surface area contributed by atoms with Gasteiger partial charge in [-0.05, 0) is 34.4 Å². The van der Waals surface area contributed by atoms with Crippen molar-refractivity contribution >= 4 is 12.0 Å². The maximum atomic E-state index is 12.6. The monoisotopic (exact) mass is 524 g/mol. The second kappa shape index (κ2) is 14.2. The first-order chi connectivity index (χ1) is 19.1. The van der Waals surface area contributed by atoms with Crippen LogP contribution in [0.5, 0.6) is 11.5 Å². The zero-order chi connectivity index (χ0) is 27.3. The first-order valence-corrected chi connectivity index (χ1v) is 12.8. The van der Waals surface area contributed by atoms with Crippen LogP contribution in [0.25, 0.3) is 0 Å². The van der Waals surface area contributed by atoms with Crippen molar-refractivity contribution in [3.8, 4) is 11.5 Å². The molecule has 7 heteroatoms. The number of carbonyl (C=O) groups excluding carboxylic acids is 2. The Morgan fingerprint density at radius 2 is 1.15 bits per heavy atom. The maximum absolute atomic E-state index is 12.6. The van der Waals surface area contributed by atoms with Gasteiger partial charge < -0.3 is 24.8 Å². The molecule has 0 fully saturated rings. The topological polar surface area (TPSA) is 85.9 Å². The molecule has 0 saturated carbocycles. The number of nitrogens with one attached hydrogen (secondary N) is 2. The molecule has 4 aromatic carbocycles. The molecule has 39 heavy (non-hydrogen) atoms. The minimum absolute atomic E-state index is 0.109. The Morgan fingerprint density at radius 1 is 0.641 bits per heavy atom. The lowest BCUT2D eigenvalue weighted by atomic mass is 10.0. The van der Waals surface area contributed by atoms with Gasteiger partial charge in [0.2, 0.25) is 5.91 Å². The first-order valence-electron chi connectivity index (χ1n) is 12.8. The molecule has 0 aromatic heterocycles. The molecule has 7 nitrogen and oxygen atoms in total. The minimum atomic E-state index is -0.837. The summed E-state index contributed by atoms with van der Waals surface area (Å²) in [5, 5.41) is 5.29. The summed E-state index contributed by atoms with van der Waals surface area (Å²) in [4.78, 5) is 25.1. The third kappa shape index (κ3) is 8.64. The van der Waals surface area contributed by atoms with Gasteiger partial charge in [-0.3, -0.25) is 4.79 Å². The van der Waals surface area contributed by atoms with Crippen LogP contribution >= 0.6 is 0 Å². The van der Waals surface area contributed by atoms with Crippen LogP contribution in [0.15, 0.2) is 109 Å². The summed E-state index contributed by atoms with van der Waals surface area (Å²) < 4.78 is 17.6. The fourth-order valence-corrected chi connectivity index (χ4v) is 3.91. The van der Waals surface area contributed by atoms with Crippen molar-refractivity contribution in [1.82, 2.24) is 10.6 Å². The predicted octanol–water partition coefficient (Wildman–Crippen LogP) is 5.43. The van der Waals surface area contributed by atoms with Crippen molar-refractivity contribution in [2.24, 2.45) is 0 Å². The highest BCUT2D eigenvalue weighted by Crippen LogP contribution is 2.30. The molecule has 0 saturated heterocycles. The van der Waals surface area contributed by atoms with Crippen LogP contribution in [0.3, 0.4) is 0 Å². The number of likely N-dealkylation sites (N-methyl/N-ethyl adjacent to an activating group) is 1. The molecule has 1 atom stereocenters. The van der Waals surface area contributed by atoms with Crippen molar-refractivity contribution in [2.75, 3.05) is 7.05 Å². The molecular weight excluding hydrogens is 492 g/mol. The van der Waals surface area contributed by atoms with Crippen LogP contribution in [0.1, 0.15) is 22.3 Å². The largest absolute Gasteiger partial charge is 0.485 e. The van der Waals surface area contributed by atoms with Crippen LogP contribution in [0.4, 0.5) is 4.79 Å². The Morgan fingerprint density at radius 3 is 1.69 bits per heavy atom. The van der Waals surface area contributed by atoms with Gasteiger partial charge in [0, 0.05) is 13.5 Å². The summed E-state index contributed by atoms with van der Waals surface area (Å²) in [7, 11) is 1.53. The van der Waals surface area contributed by atoms with Gasteiger partial charge in [0.1, 0.15) is 25.9 Å². The van der Waals surface area contributed by atoms with E-state index in [-0.39, 0.29) is 18.9 Å². The molecule has 0 aliphatic carbocycles. The summed E-state index contributed by atoms with van der Waals surface area (Å²) in [5.41, 5.74) is 3.70. The third-order valence-corrected chi connectivity index (χ3v) is 5.99. The lowest BCUT2D eigenvalue weighted by Gasteiger charge is -2.19. The average Bonchev–Trinajstić information content (AvgIpc) is 2.99. The summed E-state index contributed by atoms with van der Waals surface area (Å²) in [6.07, 6.45) is -0.434. The SMILES string of the molecule is CNC(=O)[C@H](Cc1ccc(OCc2ccccc2)c(OCc2ccccc2)c1)NC(=O)OCc1ccccc1. The van der Waals surface area contributed by atoms with Crippen molar-refractivity contribution in [3.05, 3.63) is 131 Å². The van der Waals surface area contributed by atoms with Crippen LogP contribution in [0, 0.1) is 0 Å². The number of carbonyl (C=O) groups is 2. The quantitative estimate of drug-likeness (QED) is 0.258. The van der Waals surface area contributed by atoms with Gasteiger partial charge >= 0.3 is 6.09 Å². The van der Waals surface area contributed by atoms with Crippen molar-refractivity contribution in [3.63, 3.8) is 0 Å². The molecule has 0 radical (unpaired) electrons. The number of rotatable bonds is 12. The lowest BCUT2D eigenvalue weighted by molar-refractivity contribution is -0.122. The summed E-state index contributed by atoms with van der Waals surface area (Å²) >= 11 is 0. The first kappa shape index (κ1) is 27.3. The number of benzene rings is 4. The van der Waals surface area contributed by atoms with Gasteiger partial charge in [-0.1, -0.05) is 97.1 Å². The van der Waals surface area contributed by atoms with E-state index >= 15 is 0 Å². The van der Waals surface area contributed by atoms with Gasteiger partial charge in [-0.15, -0.1) is 0 Å². The van der Waals surface area contributed by atoms with Crippen LogP contribution < -0.4 is 20.1 Å². The molecule has 200 valence electrons. The zero-order valence-corrected chi connectivity index (χ0v) is 21.8. The van der Waals surface area contributed by atoms with E-state index < -0.39 is 12.1 Å². The smallest absolute Gasteiger partial charge is 0.408 e. The maximum Gasteiger partial charge on any atom is 0.408 e. The Hall–Kier alpha value is -4.78. The van der Waals surface area contributed by atoms with E-state index in [2.05, 4.69) is 10.6 Å². The number of ether oxygens (including phenoxy) is 3. The molecule has 0 spiro atoms. The number of hydrogen-bond donors (Lipinski definition) is 2. The molecule has 4 rings (SSSR count). The van der Waals surface area contributed by atoms with E-state index in [1.807, 2.05) is 109 Å². The number of alkyl carbamates (subject to hydrolysis) is 1. The molecule has 0 unspecified atom stereocenters. The molecule has 2 N–H and O–H groups in total. The standard InChI is InChI=1S/C32H32N2O5/c1-33-31(35)28(34-32(36)39-23-26-15-9-4-10-16-26)19-27-17-18-29(37-21-24-11-5-2-6-12-24)30(20-27)38-22-25-13-7-3-8-14-25/h2-18,20,28H,19,21-23H2,1H3,(H,33,35)(H,34,36)/t28-/m0/s1. The molecule has 0 aliphatic heterocycles. The highest BCUT2D eigenvalue weighted by atomic mass is 16.5. The molecule has 4 aromatic rings. The lowest BCUT2D eigenvalue weighted by Crippen LogP contribution is -2.47. The van der Waals surface area contributed by atoms with Crippen LogP contribution in [-0.2, 0) is 35.8 Å². The summed E-state index contributed by atoms with van der Waals surface area (Å²) in [5.74, 6) is 0.808. The van der Waals surface area contributed by atoms with Crippen molar-refractivity contribution in [2.45, 2.75) is 32.3 Å². The molecule has 0 bridgehead atoms. The Labute approximate surface area is 228 Å². The van der Waals surface area contributed by atoms with Crippen LogP contribution in [-0.4, -0.2) is 25.1 Å². The summed E-state index contributed by atoms with van der Waals surface area (Å²) in [6.45, 7) is 0.852. The van der Waals surface area contributed by atoms with E-state index in [1.165, 1.54) is 7.05 Å². The van der Waals surface area contributed by atoms with Gasteiger partial charge in [-0.2, -0.15) is 0 Å². The highest BCUT2D eigenvalue weighted by Gasteiger charge is 2.22. The molecule has 2 amide bonds. The Balaban J connectivity index is 1.46. The van der Waals surface area contributed by atoms with Crippen LogP contribution in [0.2, 0.25) is 0 Å². The molecule has 0 heterocycles. The number of amides is 2. The van der Waals surface area contributed by atoms with Crippen molar-refractivity contribution in [1.29, 1.82) is 0 Å². The summed E-state index contributed by atoms with van der Waals surface area (Å²) in [6, 6.07) is 33.8. The second-order valence-electron chi connectivity index (χ2n) is 8.91. The Bertz CT molecular complexity index is 1330. The highest BCUT2D eigenvalue weighted by molar-refractivity contribution is 5.85. The van der Waals surface area contributed by atoms with Gasteiger partial charge in [0.15, 0.2) is 11.5 Å². The average molecular weight is 525 g/mol. The third-order valence-electron chi connectivity index (χ3n) is 5.99. The normalized spacial score (nSPS) is 11.2. The van der Waals surface area contributed by atoms with Crippen molar-refractivity contribution < 1.29 is 23.8 Å². The van der Waals surface area contributed by atoms with Gasteiger partial charge in [-0.25, -0.2) is 4.79 Å². The number of hydrogen-bond acceptors (Lipinski definition) is 5. The Kier molecular flexibility index (Phi) is 9.95. The fraction of sp³-hybridized carbons (Fsp3) is 0.188. The minimum Gasteiger partial charge on any atom is -0.485 e. The second-order valence-corrected chi connectivity index (χ2v) is 8.91. The molecule has 0 aliphatic rings. The van der Waals surface area contributed by atoms with Gasteiger partial charge in [0.05, 0.1) is 0 Å². The van der Waals surface area contributed by atoms with Gasteiger partial charge in [0.25, 0.3) is 0 Å². The fourth-order valence-electron chi connectivity index (χ4n) is 3.91. The van der Waals surface area contributed by atoms with E-state index in [0.717, 1.165) is 22.3 Å².